The second kappa shape index (κ2) is 5.13. The molecular formula is C15H16BrN3O. The minimum atomic E-state index is 0.125. The molecule has 0 aliphatic heterocycles. The molecule has 0 amide bonds. The van der Waals surface area contributed by atoms with E-state index in [2.05, 4.69) is 38.0 Å². The summed E-state index contributed by atoms with van der Waals surface area (Å²) in [6.45, 7) is 1.82. The molecule has 2 N–H and O–H groups in total. The van der Waals surface area contributed by atoms with E-state index in [9.17, 15) is 4.79 Å². The second-order valence-electron chi connectivity index (χ2n) is 5.32. The molecule has 0 radical (unpaired) electrons. The normalized spacial score (nSPS) is 22.1. The van der Waals surface area contributed by atoms with Crippen LogP contribution in [0.25, 0.3) is 0 Å². The third-order valence-corrected chi connectivity index (χ3v) is 4.77. The first kappa shape index (κ1) is 13.5. The first-order chi connectivity index (χ1) is 9.56. The highest BCUT2D eigenvalue weighted by Gasteiger charge is 2.31. The van der Waals surface area contributed by atoms with Crippen molar-refractivity contribution in [2.24, 2.45) is 5.92 Å². The number of halogens is 1. The predicted molar refractivity (Wildman–Crippen MR) is 81.6 cm³/mol. The number of Topliss-reactive ketones (excluding diaryl/α,β-unsaturated/α-hetero) is 1. The van der Waals surface area contributed by atoms with Gasteiger partial charge in [-0.2, -0.15) is 0 Å². The van der Waals surface area contributed by atoms with Crippen molar-refractivity contribution in [2.75, 3.05) is 5.73 Å². The van der Waals surface area contributed by atoms with Gasteiger partial charge in [0.2, 0.25) is 5.95 Å². The van der Waals surface area contributed by atoms with Gasteiger partial charge in [-0.1, -0.05) is 28.1 Å². The maximum Gasteiger partial charge on any atom is 0.220 e. The summed E-state index contributed by atoms with van der Waals surface area (Å²) in [5, 5.41) is 0. The molecule has 1 aromatic heterocycles. The van der Waals surface area contributed by atoms with Crippen LogP contribution in [0.3, 0.4) is 0 Å². The number of fused-ring (bicyclic) bond motifs is 1. The van der Waals surface area contributed by atoms with Crippen LogP contribution in [0.15, 0.2) is 22.2 Å². The molecule has 104 valence electrons. The van der Waals surface area contributed by atoms with E-state index < -0.39 is 0 Å². The smallest absolute Gasteiger partial charge is 0.220 e. The van der Waals surface area contributed by atoms with Gasteiger partial charge in [-0.25, -0.2) is 9.97 Å². The van der Waals surface area contributed by atoms with Gasteiger partial charge in [-0.3, -0.25) is 4.79 Å². The van der Waals surface area contributed by atoms with Crippen LogP contribution in [0.4, 0.5) is 5.95 Å². The molecule has 0 saturated heterocycles. The van der Waals surface area contributed by atoms with Crippen LogP contribution in [0.1, 0.15) is 41.0 Å². The van der Waals surface area contributed by atoms with E-state index >= 15 is 0 Å². The Morgan fingerprint density at radius 2 is 2.15 bits per heavy atom. The summed E-state index contributed by atoms with van der Waals surface area (Å²) in [6, 6.07) is 0. The molecule has 0 saturated carbocycles. The number of rotatable bonds is 1. The summed E-state index contributed by atoms with van der Waals surface area (Å²) in [7, 11) is 0. The lowest BCUT2D eigenvalue weighted by Crippen LogP contribution is -2.25. The van der Waals surface area contributed by atoms with Gasteiger partial charge in [0, 0.05) is 6.42 Å². The Bertz CT molecular complexity index is 649. The Morgan fingerprint density at radius 3 is 2.90 bits per heavy atom. The van der Waals surface area contributed by atoms with Crippen molar-refractivity contribution in [1.29, 1.82) is 0 Å². The maximum atomic E-state index is 12.4. The summed E-state index contributed by atoms with van der Waals surface area (Å²) in [6.07, 6.45) is 7.64. The molecular weight excluding hydrogens is 318 g/mol. The Hall–Kier alpha value is -1.49. The summed E-state index contributed by atoms with van der Waals surface area (Å²) < 4.78 is 1.21. The monoisotopic (exact) mass is 333 g/mol. The molecule has 4 nitrogen and oxygen atoms in total. The quantitative estimate of drug-likeness (QED) is 0.857. The van der Waals surface area contributed by atoms with Gasteiger partial charge in [0.1, 0.15) is 0 Å². The van der Waals surface area contributed by atoms with Crippen molar-refractivity contribution >= 4 is 27.7 Å². The van der Waals surface area contributed by atoms with Crippen molar-refractivity contribution in [3.05, 3.63) is 39.2 Å². The zero-order chi connectivity index (χ0) is 14.3. The lowest BCUT2D eigenvalue weighted by molar-refractivity contribution is 0.0955. The lowest BCUT2D eigenvalue weighted by atomic mass is 9.79. The molecule has 0 aromatic carbocycles. The van der Waals surface area contributed by atoms with Crippen LogP contribution >= 0.6 is 15.9 Å². The van der Waals surface area contributed by atoms with E-state index in [1.165, 1.54) is 10.1 Å². The molecule has 1 unspecified atom stereocenters. The van der Waals surface area contributed by atoms with Gasteiger partial charge in [0.05, 0.1) is 17.0 Å². The number of nitrogens with zero attached hydrogens (tertiary/aromatic N) is 2. The highest BCUT2D eigenvalue weighted by molar-refractivity contribution is 9.11. The standard InChI is InChI=1S/C15H16BrN3O/c1-8-14-12(19-15(17)18-8)6-9(7-13(14)20)10-4-2-3-5-11(10)16/h2,4,9H,3,5-7H2,1H3,(H2,17,18,19). The molecule has 0 fully saturated rings. The number of carbonyl (C=O) groups is 1. The number of allylic oxidation sites excluding steroid dienone is 4. The highest BCUT2D eigenvalue weighted by Crippen LogP contribution is 2.36. The zero-order valence-electron chi connectivity index (χ0n) is 11.3. The molecule has 2 aliphatic carbocycles. The topological polar surface area (TPSA) is 68.9 Å². The summed E-state index contributed by atoms with van der Waals surface area (Å²) in [5.41, 5.74) is 9.10. The van der Waals surface area contributed by atoms with E-state index in [-0.39, 0.29) is 17.6 Å². The SMILES string of the molecule is Cc1nc(N)nc2c1C(=O)CC(C1=C(Br)CCC=C1)C2. The number of carbonyl (C=O) groups excluding carboxylic acids is 1. The number of anilines is 1. The number of hydrogen-bond donors (Lipinski definition) is 1. The summed E-state index contributed by atoms with van der Waals surface area (Å²) in [5.74, 6) is 0.567. The second-order valence-corrected chi connectivity index (χ2v) is 6.28. The van der Waals surface area contributed by atoms with Crippen LogP contribution in [0.5, 0.6) is 0 Å². The van der Waals surface area contributed by atoms with Gasteiger partial charge in [-0.05, 0) is 42.2 Å². The van der Waals surface area contributed by atoms with Crippen molar-refractivity contribution in [3.63, 3.8) is 0 Å². The molecule has 1 atom stereocenters. The molecule has 0 spiro atoms. The molecule has 5 heteroatoms. The Morgan fingerprint density at radius 1 is 1.35 bits per heavy atom. The van der Waals surface area contributed by atoms with Crippen molar-refractivity contribution < 1.29 is 4.79 Å². The number of ketones is 1. The maximum absolute atomic E-state index is 12.4. The number of aryl methyl sites for hydroxylation is 1. The van der Waals surface area contributed by atoms with E-state index in [0.717, 1.165) is 25.0 Å². The average Bonchev–Trinajstić information content (AvgIpc) is 2.37. The van der Waals surface area contributed by atoms with E-state index in [0.29, 0.717) is 17.7 Å². The van der Waals surface area contributed by atoms with Crippen LogP contribution in [0.2, 0.25) is 0 Å². The van der Waals surface area contributed by atoms with Crippen LogP contribution in [-0.2, 0) is 6.42 Å². The fraction of sp³-hybridized carbons (Fsp3) is 0.400. The Kier molecular flexibility index (Phi) is 3.46. The molecule has 3 rings (SSSR count). The first-order valence-electron chi connectivity index (χ1n) is 6.77. The van der Waals surface area contributed by atoms with Crippen LogP contribution < -0.4 is 5.73 Å². The average molecular weight is 334 g/mol. The summed E-state index contributed by atoms with van der Waals surface area (Å²) in [4.78, 5) is 20.8. The third kappa shape index (κ3) is 2.30. The summed E-state index contributed by atoms with van der Waals surface area (Å²) >= 11 is 3.64. The lowest BCUT2D eigenvalue weighted by Gasteiger charge is -2.27. The Labute approximate surface area is 126 Å². The van der Waals surface area contributed by atoms with Crippen molar-refractivity contribution in [3.8, 4) is 0 Å². The van der Waals surface area contributed by atoms with Gasteiger partial charge in [0.25, 0.3) is 0 Å². The number of nitrogens with two attached hydrogens (primary N) is 1. The number of hydrogen-bond acceptors (Lipinski definition) is 4. The number of aromatic nitrogens is 2. The third-order valence-electron chi connectivity index (χ3n) is 3.91. The first-order valence-corrected chi connectivity index (χ1v) is 7.57. The van der Waals surface area contributed by atoms with E-state index in [4.69, 9.17) is 5.73 Å². The molecule has 0 bridgehead atoms. The zero-order valence-corrected chi connectivity index (χ0v) is 12.9. The van der Waals surface area contributed by atoms with Crippen molar-refractivity contribution in [2.45, 2.75) is 32.6 Å². The molecule has 2 aliphatic rings. The minimum absolute atomic E-state index is 0.125. The van der Waals surface area contributed by atoms with Crippen molar-refractivity contribution in [1.82, 2.24) is 9.97 Å². The Balaban J connectivity index is 2.01. The fourth-order valence-electron chi connectivity index (χ4n) is 3.03. The highest BCUT2D eigenvalue weighted by atomic mass is 79.9. The molecule has 1 heterocycles. The largest absolute Gasteiger partial charge is 0.368 e. The van der Waals surface area contributed by atoms with E-state index in [1.54, 1.807) is 0 Å². The predicted octanol–water partition coefficient (Wildman–Crippen LogP) is 3.11. The van der Waals surface area contributed by atoms with E-state index in [1.807, 2.05) is 6.92 Å². The van der Waals surface area contributed by atoms with Gasteiger partial charge >= 0.3 is 0 Å². The molecule has 1 aromatic rings. The molecule has 20 heavy (non-hydrogen) atoms. The van der Waals surface area contributed by atoms with Gasteiger partial charge < -0.3 is 5.73 Å². The minimum Gasteiger partial charge on any atom is -0.368 e. The number of nitrogen functional groups attached to an aromatic ring is 1. The fourth-order valence-corrected chi connectivity index (χ4v) is 3.71. The van der Waals surface area contributed by atoms with Crippen LogP contribution in [-0.4, -0.2) is 15.8 Å². The van der Waals surface area contributed by atoms with Crippen LogP contribution in [0, 0.1) is 12.8 Å². The van der Waals surface area contributed by atoms with Gasteiger partial charge in [0.15, 0.2) is 5.78 Å². The van der Waals surface area contributed by atoms with Gasteiger partial charge in [-0.15, -0.1) is 0 Å².